The quantitative estimate of drug-likeness (QED) is 0.717. The van der Waals surface area contributed by atoms with Crippen LogP contribution in [0.3, 0.4) is 0 Å². The summed E-state index contributed by atoms with van der Waals surface area (Å²) in [5, 5.41) is 3.42. The van der Waals surface area contributed by atoms with Gasteiger partial charge in [0.1, 0.15) is 0 Å². The first-order valence-electron chi connectivity index (χ1n) is 5.54. The molecule has 0 saturated heterocycles. The summed E-state index contributed by atoms with van der Waals surface area (Å²) < 4.78 is 0. The van der Waals surface area contributed by atoms with E-state index in [0.717, 1.165) is 0 Å². The Morgan fingerprint density at radius 3 is 2.29 bits per heavy atom. The highest BCUT2D eigenvalue weighted by Gasteiger charge is 2.36. The van der Waals surface area contributed by atoms with E-state index in [0.29, 0.717) is 6.04 Å². The highest BCUT2D eigenvalue weighted by Crippen LogP contribution is 2.24. The van der Waals surface area contributed by atoms with E-state index in [1.165, 1.54) is 25.7 Å². The fraction of sp³-hybridized carbons (Fsp3) is 0.909. The molecule has 14 heavy (non-hydrogen) atoms. The van der Waals surface area contributed by atoms with E-state index in [1.807, 2.05) is 20.8 Å². The van der Waals surface area contributed by atoms with Gasteiger partial charge in [0.15, 0.2) is 0 Å². The van der Waals surface area contributed by atoms with E-state index < -0.39 is 5.54 Å². The Balaban J connectivity index is 2.63. The second kappa shape index (κ2) is 4.30. The summed E-state index contributed by atoms with van der Waals surface area (Å²) in [6, 6.07) is 0.481. The Labute approximate surface area is 86.4 Å². The van der Waals surface area contributed by atoms with Crippen LogP contribution >= 0.6 is 0 Å². The van der Waals surface area contributed by atoms with E-state index in [9.17, 15) is 4.79 Å². The summed E-state index contributed by atoms with van der Waals surface area (Å²) in [5.74, 6) is 0. The number of nitrogens with one attached hydrogen (secondary N) is 1. The van der Waals surface area contributed by atoms with Crippen molar-refractivity contribution >= 4 is 5.91 Å². The Kier molecular flexibility index (Phi) is 3.53. The topological polar surface area (TPSA) is 55.1 Å². The predicted molar refractivity (Wildman–Crippen MR) is 57.8 cm³/mol. The van der Waals surface area contributed by atoms with Gasteiger partial charge in [-0.1, -0.05) is 26.7 Å². The second-order valence-electron chi connectivity index (χ2n) is 4.85. The number of amides is 1. The number of hydrogen-bond acceptors (Lipinski definition) is 2. The molecular weight excluding hydrogens is 176 g/mol. The monoisotopic (exact) mass is 198 g/mol. The van der Waals surface area contributed by atoms with Gasteiger partial charge in [0.05, 0.1) is 5.54 Å². The molecule has 0 radical (unpaired) electrons. The van der Waals surface area contributed by atoms with Crippen LogP contribution in [0.15, 0.2) is 0 Å². The molecule has 1 amide bonds. The molecule has 0 heterocycles. The summed E-state index contributed by atoms with van der Waals surface area (Å²) in [6.07, 6.45) is 4.89. The zero-order valence-electron chi connectivity index (χ0n) is 9.47. The van der Waals surface area contributed by atoms with Gasteiger partial charge in [-0.2, -0.15) is 0 Å². The summed E-state index contributed by atoms with van der Waals surface area (Å²) in [5.41, 5.74) is 4.90. The van der Waals surface area contributed by atoms with Crippen molar-refractivity contribution in [2.75, 3.05) is 0 Å². The van der Waals surface area contributed by atoms with Gasteiger partial charge in [-0.05, 0) is 25.7 Å². The fourth-order valence-electron chi connectivity index (χ4n) is 2.02. The molecule has 0 spiro atoms. The lowest BCUT2D eigenvalue weighted by Crippen LogP contribution is -2.59. The molecule has 1 saturated carbocycles. The molecule has 0 aromatic heterocycles. The minimum atomic E-state index is -0.547. The Morgan fingerprint density at radius 1 is 1.43 bits per heavy atom. The van der Waals surface area contributed by atoms with Crippen LogP contribution in [0.1, 0.15) is 46.5 Å². The highest BCUT2D eigenvalue weighted by atomic mass is 16.1. The third-order valence-corrected chi connectivity index (χ3v) is 3.53. The summed E-state index contributed by atoms with van der Waals surface area (Å²) in [4.78, 5) is 11.4. The van der Waals surface area contributed by atoms with Crippen LogP contribution in [0.4, 0.5) is 0 Å². The van der Waals surface area contributed by atoms with Gasteiger partial charge < -0.3 is 11.1 Å². The van der Waals surface area contributed by atoms with Crippen LogP contribution < -0.4 is 11.1 Å². The smallest absolute Gasteiger partial charge is 0.237 e. The van der Waals surface area contributed by atoms with Crippen molar-refractivity contribution in [3.05, 3.63) is 0 Å². The molecule has 0 aromatic rings. The first-order chi connectivity index (χ1) is 6.47. The molecular formula is C11H22N2O. The molecule has 1 rings (SSSR count). The number of rotatable bonds is 4. The molecule has 1 aliphatic carbocycles. The van der Waals surface area contributed by atoms with Crippen molar-refractivity contribution in [3.63, 3.8) is 0 Å². The number of nitrogens with two attached hydrogens (primary N) is 1. The van der Waals surface area contributed by atoms with Crippen LogP contribution in [0.5, 0.6) is 0 Å². The number of primary amides is 1. The van der Waals surface area contributed by atoms with E-state index in [-0.39, 0.29) is 11.8 Å². The molecule has 1 atom stereocenters. The van der Waals surface area contributed by atoms with E-state index in [4.69, 9.17) is 5.73 Å². The van der Waals surface area contributed by atoms with Crippen LogP contribution in [-0.2, 0) is 4.79 Å². The minimum absolute atomic E-state index is 0.237. The first-order valence-corrected chi connectivity index (χ1v) is 5.54. The van der Waals surface area contributed by atoms with E-state index >= 15 is 0 Å². The predicted octanol–water partition coefficient (Wildman–Crippen LogP) is 1.42. The molecule has 3 N–H and O–H groups in total. The molecule has 1 aliphatic rings. The molecule has 1 unspecified atom stereocenters. The maximum atomic E-state index is 11.4. The van der Waals surface area contributed by atoms with E-state index in [2.05, 4.69) is 5.32 Å². The normalized spacial score (nSPS) is 22.6. The van der Waals surface area contributed by atoms with Crippen molar-refractivity contribution < 1.29 is 4.79 Å². The Bertz CT molecular complexity index is 209. The van der Waals surface area contributed by atoms with Gasteiger partial charge in [0, 0.05) is 6.04 Å². The minimum Gasteiger partial charge on any atom is -0.368 e. The molecule has 82 valence electrons. The zero-order valence-corrected chi connectivity index (χ0v) is 9.47. The summed E-state index contributed by atoms with van der Waals surface area (Å²) >= 11 is 0. The largest absolute Gasteiger partial charge is 0.368 e. The molecule has 0 bridgehead atoms. The van der Waals surface area contributed by atoms with Crippen molar-refractivity contribution in [3.8, 4) is 0 Å². The summed E-state index contributed by atoms with van der Waals surface area (Å²) in [7, 11) is 0. The van der Waals surface area contributed by atoms with Gasteiger partial charge in [-0.15, -0.1) is 0 Å². The first kappa shape index (κ1) is 11.5. The van der Waals surface area contributed by atoms with E-state index in [1.54, 1.807) is 0 Å². The molecule has 3 heteroatoms. The number of hydrogen-bond donors (Lipinski definition) is 2. The van der Waals surface area contributed by atoms with Gasteiger partial charge >= 0.3 is 0 Å². The number of carbonyl (C=O) groups is 1. The SMILES string of the molecule is CC(C)C(C)(NC1CCCC1)C(N)=O. The van der Waals surface area contributed by atoms with Gasteiger partial charge in [-0.3, -0.25) is 4.79 Å². The second-order valence-corrected chi connectivity index (χ2v) is 4.85. The number of carbonyl (C=O) groups excluding carboxylic acids is 1. The standard InChI is InChI=1S/C11H22N2O/c1-8(2)11(3,10(12)14)13-9-6-4-5-7-9/h8-9,13H,4-7H2,1-3H3,(H2,12,14). The van der Waals surface area contributed by atoms with Crippen molar-refractivity contribution in [2.24, 2.45) is 11.7 Å². The third-order valence-electron chi connectivity index (χ3n) is 3.53. The van der Waals surface area contributed by atoms with Crippen LogP contribution in [-0.4, -0.2) is 17.5 Å². The average molecular weight is 198 g/mol. The summed E-state index contributed by atoms with van der Waals surface area (Å²) in [6.45, 7) is 5.98. The van der Waals surface area contributed by atoms with Crippen LogP contribution in [0.25, 0.3) is 0 Å². The highest BCUT2D eigenvalue weighted by molar-refractivity contribution is 5.84. The van der Waals surface area contributed by atoms with Gasteiger partial charge in [0.2, 0.25) is 5.91 Å². The average Bonchev–Trinajstić information content (AvgIpc) is 2.55. The van der Waals surface area contributed by atoms with Crippen molar-refractivity contribution in [1.82, 2.24) is 5.32 Å². The van der Waals surface area contributed by atoms with Crippen molar-refractivity contribution in [2.45, 2.75) is 58.0 Å². The molecule has 0 aliphatic heterocycles. The molecule has 1 fully saturated rings. The Morgan fingerprint density at radius 2 is 1.93 bits per heavy atom. The molecule has 0 aromatic carbocycles. The lowest BCUT2D eigenvalue weighted by Gasteiger charge is -2.34. The molecule has 3 nitrogen and oxygen atoms in total. The fourth-order valence-corrected chi connectivity index (χ4v) is 2.02. The van der Waals surface area contributed by atoms with Crippen LogP contribution in [0.2, 0.25) is 0 Å². The maximum absolute atomic E-state index is 11.4. The van der Waals surface area contributed by atoms with Crippen molar-refractivity contribution in [1.29, 1.82) is 0 Å². The third kappa shape index (κ3) is 2.27. The zero-order chi connectivity index (χ0) is 10.8. The van der Waals surface area contributed by atoms with Gasteiger partial charge in [0.25, 0.3) is 0 Å². The Hall–Kier alpha value is -0.570. The van der Waals surface area contributed by atoms with Crippen LogP contribution in [0, 0.1) is 5.92 Å². The maximum Gasteiger partial charge on any atom is 0.237 e. The lowest BCUT2D eigenvalue weighted by molar-refractivity contribution is -0.125. The van der Waals surface area contributed by atoms with Gasteiger partial charge in [-0.25, -0.2) is 0 Å². The lowest BCUT2D eigenvalue weighted by atomic mass is 9.86.